The van der Waals surface area contributed by atoms with E-state index in [1.807, 2.05) is 0 Å². The molecule has 2 amide bonds. The molecule has 5 N–H and O–H groups in total. The molecule has 0 spiro atoms. The first-order valence-electron chi connectivity index (χ1n) is 1.88. The largest absolute Gasteiger partial charge is 0.481 e. The third-order valence-corrected chi connectivity index (χ3v) is 0.406. The van der Waals surface area contributed by atoms with Crippen molar-refractivity contribution in [2.45, 2.75) is 0 Å². The smallest absolute Gasteiger partial charge is 0.313 e. The van der Waals surface area contributed by atoms with E-state index in [2.05, 4.69) is 24.1 Å². The second kappa shape index (κ2) is 7.09. The minimum absolute atomic E-state index is 0.0833. The highest BCUT2D eigenvalue weighted by Gasteiger charge is 1.81. The maximum atomic E-state index is 9.29. The fourth-order valence-electron chi connectivity index (χ4n) is 0. The zero-order chi connectivity index (χ0) is 7.86. The number of urea groups is 1. The SMILES string of the molecule is NC(N)=O.O=C(O)CS. The third-order valence-electron chi connectivity index (χ3n) is 0.135. The van der Waals surface area contributed by atoms with Gasteiger partial charge in [-0.15, -0.1) is 0 Å². The summed E-state index contributed by atoms with van der Waals surface area (Å²) in [5, 5.41) is 7.65. The van der Waals surface area contributed by atoms with Gasteiger partial charge in [-0.1, -0.05) is 0 Å². The quantitative estimate of drug-likeness (QED) is 0.363. The summed E-state index contributed by atoms with van der Waals surface area (Å²) < 4.78 is 0. The van der Waals surface area contributed by atoms with Crippen LogP contribution in [0, 0.1) is 0 Å². The van der Waals surface area contributed by atoms with Gasteiger partial charge in [0.15, 0.2) is 0 Å². The van der Waals surface area contributed by atoms with Crippen LogP contribution in [0.2, 0.25) is 0 Å². The highest BCUT2D eigenvalue weighted by atomic mass is 32.1. The van der Waals surface area contributed by atoms with Gasteiger partial charge >= 0.3 is 12.0 Å². The van der Waals surface area contributed by atoms with Crippen LogP contribution in [0.5, 0.6) is 0 Å². The second-order valence-electron chi connectivity index (χ2n) is 0.954. The predicted molar refractivity (Wildman–Crippen MR) is 35.3 cm³/mol. The zero-order valence-corrected chi connectivity index (χ0v) is 5.47. The molecular weight excluding hydrogens is 144 g/mol. The number of carboxylic acids is 1. The van der Waals surface area contributed by atoms with Crippen LogP contribution < -0.4 is 11.5 Å². The molecule has 0 bridgehead atoms. The van der Waals surface area contributed by atoms with Gasteiger partial charge in [0.05, 0.1) is 5.75 Å². The fourth-order valence-corrected chi connectivity index (χ4v) is 0. The Hall–Kier alpha value is -0.910. The first-order valence-corrected chi connectivity index (χ1v) is 2.51. The molecule has 0 fully saturated rings. The first-order chi connectivity index (χ1) is 4.00. The van der Waals surface area contributed by atoms with Crippen LogP contribution in [0.3, 0.4) is 0 Å². The molecule has 0 radical (unpaired) electrons. The number of carbonyl (C=O) groups is 2. The van der Waals surface area contributed by atoms with Crippen molar-refractivity contribution in [1.82, 2.24) is 0 Å². The summed E-state index contributed by atoms with van der Waals surface area (Å²) in [5.74, 6) is -0.965. The molecule has 9 heavy (non-hydrogen) atoms. The van der Waals surface area contributed by atoms with E-state index < -0.39 is 12.0 Å². The second-order valence-corrected chi connectivity index (χ2v) is 1.27. The number of carboxylic acid groups (broad SMARTS) is 1. The topological polar surface area (TPSA) is 106 Å². The van der Waals surface area contributed by atoms with Crippen LogP contribution >= 0.6 is 12.6 Å². The number of aliphatic carboxylic acids is 1. The molecule has 0 saturated carbocycles. The highest BCUT2D eigenvalue weighted by molar-refractivity contribution is 7.81. The number of carbonyl (C=O) groups excluding carboxylic acids is 1. The van der Waals surface area contributed by atoms with E-state index in [0.29, 0.717) is 0 Å². The summed E-state index contributed by atoms with van der Waals surface area (Å²) in [5.41, 5.74) is 8.50. The van der Waals surface area contributed by atoms with Crippen LogP contribution in [0.1, 0.15) is 0 Å². The first kappa shape index (κ1) is 11.0. The summed E-state index contributed by atoms with van der Waals surface area (Å²) in [6.07, 6.45) is 0. The lowest BCUT2D eigenvalue weighted by Gasteiger charge is -1.71. The number of hydrogen-bond donors (Lipinski definition) is 4. The van der Waals surface area contributed by atoms with Crippen molar-refractivity contribution in [2.24, 2.45) is 11.5 Å². The fraction of sp³-hybridized carbons (Fsp3) is 0.333. The van der Waals surface area contributed by atoms with Crippen molar-refractivity contribution < 1.29 is 14.7 Å². The lowest BCUT2D eigenvalue weighted by molar-refractivity contribution is -0.133. The van der Waals surface area contributed by atoms with E-state index in [1.165, 1.54) is 0 Å². The predicted octanol–water partition coefficient (Wildman–Crippen LogP) is -0.975. The number of amides is 2. The van der Waals surface area contributed by atoms with E-state index in [1.54, 1.807) is 0 Å². The van der Waals surface area contributed by atoms with Crippen LogP contribution in [-0.4, -0.2) is 22.9 Å². The molecule has 0 aromatic heterocycles. The maximum absolute atomic E-state index is 9.29. The Morgan fingerprint density at radius 2 is 1.56 bits per heavy atom. The summed E-state index contributed by atoms with van der Waals surface area (Å²) >= 11 is 3.42. The minimum atomic E-state index is -0.881. The van der Waals surface area contributed by atoms with Gasteiger partial charge in [-0.05, 0) is 0 Å². The molecule has 0 saturated heterocycles. The Bertz CT molecular complexity index is 101. The molecule has 0 rings (SSSR count). The number of primary amides is 2. The molecule has 0 aromatic carbocycles. The van der Waals surface area contributed by atoms with Crippen molar-refractivity contribution in [2.75, 3.05) is 5.75 Å². The summed E-state index contributed by atoms with van der Waals surface area (Å²) in [6.45, 7) is 0. The molecule has 0 aliphatic heterocycles. The van der Waals surface area contributed by atoms with Crippen LogP contribution in [0.15, 0.2) is 0 Å². The van der Waals surface area contributed by atoms with Gasteiger partial charge in [-0.25, -0.2) is 4.79 Å². The molecule has 6 heteroatoms. The summed E-state index contributed by atoms with van der Waals surface area (Å²) in [7, 11) is 0. The Balaban J connectivity index is 0. The molecule has 0 aliphatic rings. The average molecular weight is 152 g/mol. The standard InChI is InChI=1S/C2H4O2S.CH4N2O/c3-2(4)1-5;2-1(3)4/h5H,1H2,(H,3,4);(H4,2,3,4). The normalized spacial score (nSPS) is 6.78. The Morgan fingerprint density at radius 3 is 1.56 bits per heavy atom. The molecule has 0 aliphatic carbocycles. The summed E-state index contributed by atoms with van der Waals surface area (Å²) in [4.78, 5) is 18.3. The van der Waals surface area contributed by atoms with Gasteiger partial charge in [0.25, 0.3) is 0 Å². The molecular formula is C3H8N2O3S. The van der Waals surface area contributed by atoms with Crippen LogP contribution in [0.4, 0.5) is 4.79 Å². The lowest BCUT2D eigenvalue weighted by Crippen LogP contribution is -2.18. The molecule has 0 heterocycles. The van der Waals surface area contributed by atoms with E-state index in [-0.39, 0.29) is 5.75 Å². The van der Waals surface area contributed by atoms with Crippen molar-refractivity contribution in [3.8, 4) is 0 Å². The van der Waals surface area contributed by atoms with E-state index >= 15 is 0 Å². The van der Waals surface area contributed by atoms with Gasteiger partial charge in [-0.2, -0.15) is 12.6 Å². The molecule has 54 valence electrons. The molecule has 0 aromatic rings. The molecule has 0 unspecified atom stereocenters. The highest BCUT2D eigenvalue weighted by Crippen LogP contribution is 1.66. The van der Waals surface area contributed by atoms with Crippen LogP contribution in [0.25, 0.3) is 0 Å². The zero-order valence-electron chi connectivity index (χ0n) is 4.57. The van der Waals surface area contributed by atoms with Crippen molar-refractivity contribution in [3.63, 3.8) is 0 Å². The van der Waals surface area contributed by atoms with Crippen molar-refractivity contribution in [1.29, 1.82) is 0 Å². The lowest BCUT2D eigenvalue weighted by atomic mass is 10.8. The maximum Gasteiger partial charge on any atom is 0.313 e. The number of thiol groups is 1. The number of nitrogens with two attached hydrogens (primary N) is 2. The minimum Gasteiger partial charge on any atom is -0.481 e. The van der Waals surface area contributed by atoms with Gasteiger partial charge in [0.2, 0.25) is 0 Å². The van der Waals surface area contributed by atoms with Crippen molar-refractivity contribution in [3.05, 3.63) is 0 Å². The molecule has 5 nitrogen and oxygen atoms in total. The number of hydrogen-bond acceptors (Lipinski definition) is 3. The van der Waals surface area contributed by atoms with Gasteiger partial charge in [0.1, 0.15) is 0 Å². The van der Waals surface area contributed by atoms with E-state index in [4.69, 9.17) is 9.90 Å². The van der Waals surface area contributed by atoms with E-state index in [9.17, 15) is 4.79 Å². The van der Waals surface area contributed by atoms with Gasteiger partial charge < -0.3 is 16.6 Å². The number of rotatable bonds is 1. The van der Waals surface area contributed by atoms with Crippen LogP contribution in [-0.2, 0) is 4.79 Å². The van der Waals surface area contributed by atoms with Crippen molar-refractivity contribution >= 4 is 24.6 Å². The Labute approximate surface area is 57.4 Å². The monoisotopic (exact) mass is 152 g/mol. The molecule has 0 atom stereocenters. The third kappa shape index (κ3) is 155. The Morgan fingerprint density at radius 1 is 1.44 bits per heavy atom. The average Bonchev–Trinajstić information content (AvgIpc) is 1.65. The summed E-state index contributed by atoms with van der Waals surface area (Å²) in [6, 6.07) is -0.833. The van der Waals surface area contributed by atoms with Gasteiger partial charge in [-0.3, -0.25) is 4.79 Å². The Kier molecular flexibility index (Phi) is 8.64. The van der Waals surface area contributed by atoms with E-state index in [0.717, 1.165) is 0 Å². The van der Waals surface area contributed by atoms with Gasteiger partial charge in [0, 0.05) is 0 Å².